The van der Waals surface area contributed by atoms with Gasteiger partial charge < -0.3 is 14.4 Å². The van der Waals surface area contributed by atoms with Crippen LogP contribution in [-0.4, -0.2) is 42.2 Å². The van der Waals surface area contributed by atoms with E-state index in [-0.39, 0.29) is 6.09 Å². The Kier molecular flexibility index (Phi) is 4.41. The number of carbonyl (C=O) groups excluding carboxylic acids is 1. The number of likely N-dealkylation sites (tertiary alicyclic amines) is 1. The maximum atomic E-state index is 11.4. The maximum absolute atomic E-state index is 11.4. The molecule has 1 fully saturated rings. The molecule has 1 aliphatic rings. The lowest BCUT2D eigenvalue weighted by molar-refractivity contribution is 0.112. The van der Waals surface area contributed by atoms with Gasteiger partial charge in [0, 0.05) is 24.0 Å². The molecular formula is C12H18N2O3S. The topological polar surface area (TPSA) is 51.7 Å². The maximum Gasteiger partial charge on any atom is 0.409 e. The van der Waals surface area contributed by atoms with Crippen molar-refractivity contribution in [3.8, 4) is 5.88 Å². The number of ether oxygens (including phenoxy) is 2. The van der Waals surface area contributed by atoms with Crippen molar-refractivity contribution in [1.82, 2.24) is 9.27 Å². The molecule has 0 unspecified atom stereocenters. The summed E-state index contributed by atoms with van der Waals surface area (Å²) in [6.07, 6.45) is 1.69. The van der Waals surface area contributed by atoms with E-state index in [0.29, 0.717) is 18.4 Å². The van der Waals surface area contributed by atoms with E-state index in [1.807, 2.05) is 13.0 Å². The first kappa shape index (κ1) is 13.1. The highest BCUT2D eigenvalue weighted by Gasteiger charge is 2.25. The largest absolute Gasteiger partial charge is 0.477 e. The average molecular weight is 270 g/mol. The highest BCUT2D eigenvalue weighted by atomic mass is 32.1. The average Bonchev–Trinajstić information content (AvgIpc) is 2.87. The van der Waals surface area contributed by atoms with Gasteiger partial charge in [-0.2, -0.15) is 4.37 Å². The zero-order valence-corrected chi connectivity index (χ0v) is 11.5. The second-order valence-electron chi connectivity index (χ2n) is 4.23. The summed E-state index contributed by atoms with van der Waals surface area (Å²) >= 11 is 1.50. The molecule has 0 aromatic carbocycles. The molecule has 0 spiro atoms. The van der Waals surface area contributed by atoms with E-state index < -0.39 is 0 Å². The molecule has 0 N–H and O–H groups in total. The van der Waals surface area contributed by atoms with Crippen molar-refractivity contribution in [1.29, 1.82) is 0 Å². The number of rotatable bonds is 3. The third kappa shape index (κ3) is 2.93. The standard InChI is InChI=1S/C12H18N2O3S/c1-3-17-11-8-10(18-13-11)9-4-6-14(7-5-9)12(15)16-2/h8-9H,3-7H2,1-2H3. The van der Waals surface area contributed by atoms with E-state index in [1.54, 1.807) is 4.90 Å². The quantitative estimate of drug-likeness (QED) is 0.846. The summed E-state index contributed by atoms with van der Waals surface area (Å²) in [5.41, 5.74) is 0. The molecular weight excluding hydrogens is 252 g/mol. The van der Waals surface area contributed by atoms with E-state index >= 15 is 0 Å². The van der Waals surface area contributed by atoms with E-state index in [0.717, 1.165) is 25.9 Å². The summed E-state index contributed by atoms with van der Waals surface area (Å²) in [4.78, 5) is 14.4. The normalized spacial score (nSPS) is 16.7. The Morgan fingerprint density at radius 2 is 2.28 bits per heavy atom. The first-order valence-electron chi connectivity index (χ1n) is 6.17. The van der Waals surface area contributed by atoms with Gasteiger partial charge in [0.1, 0.15) is 0 Å². The first-order chi connectivity index (χ1) is 8.74. The zero-order valence-electron chi connectivity index (χ0n) is 10.7. The Balaban J connectivity index is 1.90. The number of hydrogen-bond acceptors (Lipinski definition) is 5. The van der Waals surface area contributed by atoms with Gasteiger partial charge in [-0.15, -0.1) is 0 Å². The SMILES string of the molecule is CCOc1cc(C2CCN(C(=O)OC)CC2)sn1. The fraction of sp³-hybridized carbons (Fsp3) is 0.667. The van der Waals surface area contributed by atoms with E-state index in [9.17, 15) is 4.79 Å². The number of aromatic nitrogens is 1. The fourth-order valence-electron chi connectivity index (χ4n) is 2.16. The van der Waals surface area contributed by atoms with Crippen LogP contribution in [0.5, 0.6) is 5.88 Å². The fourth-order valence-corrected chi connectivity index (χ4v) is 3.00. The molecule has 1 aliphatic heterocycles. The molecule has 0 radical (unpaired) electrons. The summed E-state index contributed by atoms with van der Waals surface area (Å²) in [6.45, 7) is 4.09. The van der Waals surface area contributed by atoms with Crippen LogP contribution in [0.25, 0.3) is 0 Å². The molecule has 1 saturated heterocycles. The van der Waals surface area contributed by atoms with Crippen LogP contribution in [0.2, 0.25) is 0 Å². The lowest BCUT2D eigenvalue weighted by Gasteiger charge is -2.30. The Morgan fingerprint density at radius 3 is 2.89 bits per heavy atom. The van der Waals surface area contributed by atoms with Gasteiger partial charge in [-0.1, -0.05) is 0 Å². The number of methoxy groups -OCH3 is 1. The highest BCUT2D eigenvalue weighted by molar-refractivity contribution is 7.06. The van der Waals surface area contributed by atoms with Crippen LogP contribution in [-0.2, 0) is 4.74 Å². The molecule has 2 rings (SSSR count). The van der Waals surface area contributed by atoms with Crippen LogP contribution in [0.3, 0.4) is 0 Å². The molecule has 1 aromatic heterocycles. The minimum atomic E-state index is -0.229. The summed E-state index contributed by atoms with van der Waals surface area (Å²) in [7, 11) is 1.42. The Labute approximate surface area is 111 Å². The lowest BCUT2D eigenvalue weighted by Crippen LogP contribution is -2.37. The molecule has 5 nitrogen and oxygen atoms in total. The van der Waals surface area contributed by atoms with Gasteiger partial charge in [0.15, 0.2) is 0 Å². The molecule has 1 amide bonds. The Bertz CT molecular complexity index is 400. The predicted molar refractivity (Wildman–Crippen MR) is 69.2 cm³/mol. The summed E-state index contributed by atoms with van der Waals surface area (Å²) < 4.78 is 14.4. The lowest BCUT2D eigenvalue weighted by atomic mass is 9.95. The van der Waals surface area contributed by atoms with Crippen LogP contribution < -0.4 is 4.74 Å². The first-order valence-corrected chi connectivity index (χ1v) is 6.94. The predicted octanol–water partition coefficient (Wildman–Crippen LogP) is 2.49. The number of piperidine rings is 1. The Morgan fingerprint density at radius 1 is 1.56 bits per heavy atom. The van der Waals surface area contributed by atoms with Crippen LogP contribution in [0.1, 0.15) is 30.6 Å². The summed E-state index contributed by atoms with van der Waals surface area (Å²) in [6, 6.07) is 2.02. The van der Waals surface area contributed by atoms with Crippen molar-refractivity contribution in [2.75, 3.05) is 26.8 Å². The van der Waals surface area contributed by atoms with Crippen LogP contribution in [0, 0.1) is 0 Å². The zero-order chi connectivity index (χ0) is 13.0. The van der Waals surface area contributed by atoms with Gasteiger partial charge in [-0.3, -0.25) is 0 Å². The van der Waals surface area contributed by atoms with Crippen LogP contribution in [0.4, 0.5) is 4.79 Å². The molecule has 0 aliphatic carbocycles. The van der Waals surface area contributed by atoms with Gasteiger partial charge in [-0.25, -0.2) is 4.79 Å². The van der Waals surface area contributed by atoms with Gasteiger partial charge in [-0.05, 0) is 37.2 Å². The molecule has 100 valence electrons. The number of amides is 1. The molecule has 18 heavy (non-hydrogen) atoms. The third-order valence-electron chi connectivity index (χ3n) is 3.13. The monoisotopic (exact) mass is 270 g/mol. The molecule has 6 heteroatoms. The van der Waals surface area contributed by atoms with Crippen molar-refractivity contribution in [3.63, 3.8) is 0 Å². The van der Waals surface area contributed by atoms with Crippen LogP contribution >= 0.6 is 11.5 Å². The van der Waals surface area contributed by atoms with E-state index in [1.165, 1.54) is 23.5 Å². The van der Waals surface area contributed by atoms with Gasteiger partial charge >= 0.3 is 6.09 Å². The van der Waals surface area contributed by atoms with Crippen LogP contribution in [0.15, 0.2) is 6.07 Å². The van der Waals surface area contributed by atoms with E-state index in [2.05, 4.69) is 4.37 Å². The number of nitrogens with zero attached hydrogens (tertiary/aromatic N) is 2. The van der Waals surface area contributed by atoms with Crippen molar-refractivity contribution < 1.29 is 14.3 Å². The summed E-state index contributed by atoms with van der Waals surface area (Å²) in [5, 5.41) is 0. The van der Waals surface area contributed by atoms with Crippen molar-refractivity contribution in [2.45, 2.75) is 25.7 Å². The molecule has 0 atom stereocenters. The minimum absolute atomic E-state index is 0.229. The van der Waals surface area contributed by atoms with Gasteiger partial charge in [0.05, 0.1) is 13.7 Å². The number of carbonyl (C=O) groups is 1. The van der Waals surface area contributed by atoms with Gasteiger partial charge in [0.25, 0.3) is 0 Å². The summed E-state index contributed by atoms with van der Waals surface area (Å²) in [5.74, 6) is 1.20. The highest BCUT2D eigenvalue weighted by Crippen LogP contribution is 2.32. The second-order valence-corrected chi connectivity index (χ2v) is 5.07. The molecule has 2 heterocycles. The van der Waals surface area contributed by atoms with Crippen molar-refractivity contribution in [3.05, 3.63) is 10.9 Å². The third-order valence-corrected chi connectivity index (χ3v) is 4.06. The molecule has 0 saturated carbocycles. The number of hydrogen-bond donors (Lipinski definition) is 0. The smallest absolute Gasteiger partial charge is 0.409 e. The second kappa shape index (κ2) is 6.04. The van der Waals surface area contributed by atoms with Gasteiger partial charge in [0.2, 0.25) is 5.88 Å². The van der Waals surface area contributed by atoms with Crippen molar-refractivity contribution in [2.24, 2.45) is 0 Å². The minimum Gasteiger partial charge on any atom is -0.477 e. The molecule has 1 aromatic rings. The molecule has 0 bridgehead atoms. The van der Waals surface area contributed by atoms with E-state index in [4.69, 9.17) is 9.47 Å². The van der Waals surface area contributed by atoms with Crippen molar-refractivity contribution >= 4 is 17.6 Å². The Hall–Kier alpha value is -1.30.